The number of benzene rings is 1. The third-order valence-corrected chi connectivity index (χ3v) is 3.48. The molecule has 1 aromatic heterocycles. The van der Waals surface area contributed by atoms with Crippen molar-refractivity contribution < 1.29 is 22.8 Å². The summed E-state index contributed by atoms with van der Waals surface area (Å²) in [4.78, 5) is 26.4. The molecule has 2 aromatic rings. The molecule has 0 saturated carbocycles. The van der Waals surface area contributed by atoms with Crippen LogP contribution in [0.1, 0.15) is 9.80 Å². The number of aromatic nitrogens is 1. The Bertz CT molecular complexity index is 636. The van der Waals surface area contributed by atoms with Crippen molar-refractivity contribution in [3.8, 4) is 0 Å². The van der Waals surface area contributed by atoms with Crippen LogP contribution in [0.15, 0.2) is 24.3 Å². The minimum Gasteiger partial charge on any atom is -0.348 e. The van der Waals surface area contributed by atoms with Crippen LogP contribution in [0, 0.1) is 0 Å². The molecule has 2 N–H and O–H groups in total. The molecular formula is C12H10F3N3O2S. The number of nitrogens with one attached hydrogen (secondary N) is 2. The number of thiazole rings is 1. The Labute approximate surface area is 121 Å². The Hall–Kier alpha value is -2.16. The second-order valence-electron chi connectivity index (χ2n) is 4.00. The summed E-state index contributed by atoms with van der Waals surface area (Å²) in [7, 11) is 0. The van der Waals surface area contributed by atoms with E-state index < -0.39 is 18.0 Å². The zero-order chi connectivity index (χ0) is 15.5. The van der Waals surface area contributed by atoms with Crippen LogP contribution in [-0.4, -0.2) is 36.1 Å². The average Bonchev–Trinajstić information content (AvgIpc) is 2.86. The number of alkyl halides is 3. The van der Waals surface area contributed by atoms with Crippen LogP contribution >= 0.6 is 11.3 Å². The SMILES string of the molecule is O=C(NCCNC(=O)C(F)(F)F)c1nc2ccccc2s1. The Morgan fingerprint density at radius 2 is 1.81 bits per heavy atom. The van der Waals surface area contributed by atoms with Crippen molar-refractivity contribution in [3.05, 3.63) is 29.3 Å². The maximum absolute atomic E-state index is 11.9. The summed E-state index contributed by atoms with van der Waals surface area (Å²) < 4.78 is 36.6. The highest BCUT2D eigenvalue weighted by Gasteiger charge is 2.38. The van der Waals surface area contributed by atoms with E-state index in [0.717, 1.165) is 4.70 Å². The maximum Gasteiger partial charge on any atom is 0.471 e. The number of carbonyl (C=O) groups is 2. The fourth-order valence-corrected chi connectivity index (χ4v) is 2.38. The van der Waals surface area contributed by atoms with E-state index in [2.05, 4.69) is 10.3 Å². The topological polar surface area (TPSA) is 71.1 Å². The first-order chi connectivity index (χ1) is 9.88. The van der Waals surface area contributed by atoms with Crippen molar-refractivity contribution in [2.24, 2.45) is 0 Å². The first-order valence-corrected chi connectivity index (χ1v) is 6.68. The van der Waals surface area contributed by atoms with Crippen LogP contribution in [-0.2, 0) is 4.79 Å². The molecule has 0 bridgehead atoms. The van der Waals surface area contributed by atoms with Gasteiger partial charge in [0, 0.05) is 13.1 Å². The summed E-state index contributed by atoms with van der Waals surface area (Å²) in [5.41, 5.74) is 0.679. The molecule has 0 aliphatic heterocycles. The van der Waals surface area contributed by atoms with E-state index in [1.165, 1.54) is 11.3 Å². The van der Waals surface area contributed by atoms with Crippen LogP contribution in [0.2, 0.25) is 0 Å². The summed E-state index contributed by atoms with van der Waals surface area (Å²) in [6, 6.07) is 7.17. The first kappa shape index (κ1) is 15.2. The van der Waals surface area contributed by atoms with Gasteiger partial charge in [0.2, 0.25) is 0 Å². The van der Waals surface area contributed by atoms with E-state index >= 15 is 0 Å². The smallest absolute Gasteiger partial charge is 0.348 e. The van der Waals surface area contributed by atoms with Crippen molar-refractivity contribution in [1.29, 1.82) is 0 Å². The van der Waals surface area contributed by atoms with Gasteiger partial charge in [-0.05, 0) is 12.1 Å². The molecule has 112 valence electrons. The van der Waals surface area contributed by atoms with Gasteiger partial charge in [0.25, 0.3) is 5.91 Å². The second-order valence-corrected chi connectivity index (χ2v) is 5.03. The lowest BCUT2D eigenvalue weighted by Crippen LogP contribution is -2.41. The van der Waals surface area contributed by atoms with Gasteiger partial charge in [0.1, 0.15) is 0 Å². The minimum absolute atomic E-state index is 0.115. The molecule has 21 heavy (non-hydrogen) atoms. The van der Waals surface area contributed by atoms with Crippen LogP contribution in [0.4, 0.5) is 13.2 Å². The van der Waals surface area contributed by atoms with E-state index in [4.69, 9.17) is 0 Å². The zero-order valence-electron chi connectivity index (χ0n) is 10.5. The molecule has 0 unspecified atom stereocenters. The van der Waals surface area contributed by atoms with E-state index in [1.807, 2.05) is 12.1 Å². The molecule has 9 heteroatoms. The van der Waals surface area contributed by atoms with Gasteiger partial charge in [0.05, 0.1) is 10.2 Å². The van der Waals surface area contributed by atoms with Gasteiger partial charge in [-0.1, -0.05) is 12.1 Å². The van der Waals surface area contributed by atoms with Gasteiger partial charge < -0.3 is 10.6 Å². The van der Waals surface area contributed by atoms with E-state index in [1.54, 1.807) is 17.4 Å². The van der Waals surface area contributed by atoms with Gasteiger partial charge in [-0.3, -0.25) is 9.59 Å². The molecule has 0 atom stereocenters. The van der Waals surface area contributed by atoms with Crippen molar-refractivity contribution in [1.82, 2.24) is 15.6 Å². The molecule has 5 nitrogen and oxygen atoms in total. The molecular weight excluding hydrogens is 307 g/mol. The number of hydrogen-bond donors (Lipinski definition) is 2. The number of para-hydroxylation sites is 1. The molecule has 0 aliphatic carbocycles. The molecule has 2 rings (SSSR count). The first-order valence-electron chi connectivity index (χ1n) is 5.87. The largest absolute Gasteiger partial charge is 0.471 e. The van der Waals surface area contributed by atoms with Gasteiger partial charge in [-0.2, -0.15) is 13.2 Å². The molecule has 0 radical (unpaired) electrons. The van der Waals surface area contributed by atoms with Gasteiger partial charge >= 0.3 is 12.1 Å². The van der Waals surface area contributed by atoms with Crippen LogP contribution in [0.3, 0.4) is 0 Å². The predicted octanol–water partition coefficient (Wildman–Crippen LogP) is 1.70. The minimum atomic E-state index is -4.92. The van der Waals surface area contributed by atoms with E-state index in [-0.39, 0.29) is 18.1 Å². The lowest BCUT2D eigenvalue weighted by atomic mass is 10.3. The van der Waals surface area contributed by atoms with Crippen molar-refractivity contribution in [2.75, 3.05) is 13.1 Å². The summed E-state index contributed by atoms with van der Waals surface area (Å²) >= 11 is 1.18. The molecule has 0 fully saturated rings. The third-order valence-electron chi connectivity index (χ3n) is 2.44. The Balaban J connectivity index is 1.84. The van der Waals surface area contributed by atoms with Gasteiger partial charge in [0.15, 0.2) is 5.01 Å². The van der Waals surface area contributed by atoms with E-state index in [9.17, 15) is 22.8 Å². The monoisotopic (exact) mass is 317 g/mol. The number of rotatable bonds is 4. The summed E-state index contributed by atoms with van der Waals surface area (Å²) in [6.45, 7) is -0.425. The summed E-state index contributed by atoms with van der Waals surface area (Å²) in [5.74, 6) is -2.52. The van der Waals surface area contributed by atoms with Crippen molar-refractivity contribution in [3.63, 3.8) is 0 Å². The molecule has 0 aliphatic rings. The van der Waals surface area contributed by atoms with Gasteiger partial charge in [-0.25, -0.2) is 4.98 Å². The second kappa shape index (κ2) is 6.08. The number of halogens is 3. The number of amides is 2. The molecule has 1 heterocycles. The molecule has 1 aromatic carbocycles. The Morgan fingerprint density at radius 1 is 1.14 bits per heavy atom. The molecule has 0 spiro atoms. The highest BCUT2D eigenvalue weighted by Crippen LogP contribution is 2.21. The van der Waals surface area contributed by atoms with Gasteiger partial charge in [-0.15, -0.1) is 11.3 Å². The molecule has 2 amide bonds. The van der Waals surface area contributed by atoms with E-state index in [0.29, 0.717) is 5.52 Å². The normalized spacial score (nSPS) is 11.4. The van der Waals surface area contributed by atoms with Crippen LogP contribution in [0.5, 0.6) is 0 Å². The van der Waals surface area contributed by atoms with Crippen molar-refractivity contribution >= 4 is 33.4 Å². The average molecular weight is 317 g/mol. The third kappa shape index (κ3) is 3.91. The summed E-state index contributed by atoms with van der Waals surface area (Å²) in [5, 5.41) is 4.27. The predicted molar refractivity (Wildman–Crippen MR) is 71.0 cm³/mol. The fraction of sp³-hybridized carbons (Fsp3) is 0.250. The summed E-state index contributed by atoms with van der Waals surface area (Å²) in [6.07, 6.45) is -4.92. The van der Waals surface area contributed by atoms with Crippen LogP contribution < -0.4 is 10.6 Å². The standard InChI is InChI=1S/C12H10F3N3O2S/c13-12(14,15)11(20)17-6-5-16-9(19)10-18-7-3-1-2-4-8(7)21-10/h1-4H,5-6H2,(H,16,19)(H,17,20). The number of carbonyl (C=O) groups excluding carboxylic acids is 2. The Kier molecular flexibility index (Phi) is 4.41. The van der Waals surface area contributed by atoms with Crippen LogP contribution in [0.25, 0.3) is 10.2 Å². The number of fused-ring (bicyclic) bond motifs is 1. The maximum atomic E-state index is 11.9. The molecule has 0 saturated heterocycles. The Morgan fingerprint density at radius 3 is 2.48 bits per heavy atom. The quantitative estimate of drug-likeness (QED) is 0.843. The number of nitrogens with zero attached hydrogens (tertiary/aromatic N) is 1. The zero-order valence-corrected chi connectivity index (χ0v) is 11.3. The lowest BCUT2D eigenvalue weighted by molar-refractivity contribution is -0.173. The highest BCUT2D eigenvalue weighted by molar-refractivity contribution is 7.20. The number of hydrogen-bond acceptors (Lipinski definition) is 4. The fourth-order valence-electron chi connectivity index (χ4n) is 1.50. The lowest BCUT2D eigenvalue weighted by Gasteiger charge is -2.07. The highest BCUT2D eigenvalue weighted by atomic mass is 32.1. The van der Waals surface area contributed by atoms with Crippen molar-refractivity contribution in [2.45, 2.75) is 6.18 Å².